The van der Waals surface area contributed by atoms with Crippen molar-refractivity contribution in [3.05, 3.63) is 29.6 Å². The van der Waals surface area contributed by atoms with E-state index in [-0.39, 0.29) is 17.3 Å². The van der Waals surface area contributed by atoms with Crippen molar-refractivity contribution in [3.8, 4) is 5.75 Å². The van der Waals surface area contributed by atoms with Crippen molar-refractivity contribution >= 4 is 0 Å². The van der Waals surface area contributed by atoms with Crippen LogP contribution in [0.15, 0.2) is 18.2 Å². The number of ether oxygens (including phenoxy) is 1. The third-order valence-corrected chi connectivity index (χ3v) is 4.10. The molecule has 1 atom stereocenters. The van der Waals surface area contributed by atoms with Gasteiger partial charge in [0.25, 0.3) is 0 Å². The first-order valence-electron chi connectivity index (χ1n) is 6.84. The summed E-state index contributed by atoms with van der Waals surface area (Å²) in [6, 6.07) is 5.00. The average molecular weight is 267 g/mol. The molecule has 0 radical (unpaired) electrons. The van der Waals surface area contributed by atoms with Gasteiger partial charge in [0.05, 0.1) is 7.11 Å². The monoisotopic (exact) mass is 267 g/mol. The van der Waals surface area contributed by atoms with Crippen LogP contribution in [-0.4, -0.2) is 13.7 Å². The second kappa shape index (κ2) is 6.38. The summed E-state index contributed by atoms with van der Waals surface area (Å²) in [6.45, 7) is 11.7. The van der Waals surface area contributed by atoms with Gasteiger partial charge in [0.1, 0.15) is 11.6 Å². The summed E-state index contributed by atoms with van der Waals surface area (Å²) in [4.78, 5) is 0. The zero-order valence-corrected chi connectivity index (χ0v) is 12.9. The molecule has 19 heavy (non-hydrogen) atoms. The van der Waals surface area contributed by atoms with Crippen molar-refractivity contribution in [2.45, 2.75) is 40.7 Å². The van der Waals surface area contributed by atoms with Gasteiger partial charge in [-0.2, -0.15) is 0 Å². The van der Waals surface area contributed by atoms with Crippen molar-refractivity contribution in [1.82, 2.24) is 5.32 Å². The predicted molar refractivity (Wildman–Crippen MR) is 78.0 cm³/mol. The summed E-state index contributed by atoms with van der Waals surface area (Å²) in [5.41, 5.74) is 0.873. The van der Waals surface area contributed by atoms with E-state index in [1.165, 1.54) is 6.07 Å². The quantitative estimate of drug-likeness (QED) is 0.835. The molecule has 108 valence electrons. The smallest absolute Gasteiger partial charge is 0.131 e. The molecule has 0 aliphatic heterocycles. The van der Waals surface area contributed by atoms with Gasteiger partial charge in [0.2, 0.25) is 0 Å². The van der Waals surface area contributed by atoms with Crippen molar-refractivity contribution in [2.75, 3.05) is 13.7 Å². The van der Waals surface area contributed by atoms with Crippen LogP contribution in [0.2, 0.25) is 0 Å². The first-order chi connectivity index (χ1) is 8.77. The Morgan fingerprint density at radius 3 is 2.37 bits per heavy atom. The zero-order chi connectivity index (χ0) is 14.6. The molecule has 2 nitrogen and oxygen atoms in total. The van der Waals surface area contributed by atoms with Crippen LogP contribution in [0.4, 0.5) is 4.39 Å². The van der Waals surface area contributed by atoms with Crippen molar-refractivity contribution in [2.24, 2.45) is 11.3 Å². The molecule has 0 heterocycles. The SMILES string of the molecule is COc1ccc(C(C)NCC(C)(C)C(C)C)c(F)c1. The number of nitrogens with one attached hydrogen (secondary N) is 1. The third-order valence-electron chi connectivity index (χ3n) is 4.10. The van der Waals surface area contributed by atoms with E-state index in [1.807, 2.05) is 6.92 Å². The Hall–Kier alpha value is -1.09. The van der Waals surface area contributed by atoms with Gasteiger partial charge in [-0.3, -0.25) is 0 Å². The Balaban J connectivity index is 2.71. The lowest BCUT2D eigenvalue weighted by Crippen LogP contribution is -2.35. The van der Waals surface area contributed by atoms with Crippen molar-refractivity contribution < 1.29 is 9.13 Å². The van der Waals surface area contributed by atoms with Crippen LogP contribution in [-0.2, 0) is 0 Å². The maximum atomic E-state index is 13.9. The maximum absolute atomic E-state index is 13.9. The molecule has 0 saturated carbocycles. The van der Waals surface area contributed by atoms with E-state index in [0.717, 1.165) is 6.54 Å². The highest BCUT2D eigenvalue weighted by atomic mass is 19.1. The van der Waals surface area contributed by atoms with Gasteiger partial charge in [-0.25, -0.2) is 4.39 Å². The normalized spacial score (nSPS) is 13.7. The van der Waals surface area contributed by atoms with Gasteiger partial charge in [0.15, 0.2) is 0 Å². The highest BCUT2D eigenvalue weighted by Crippen LogP contribution is 2.27. The summed E-state index contributed by atoms with van der Waals surface area (Å²) >= 11 is 0. The van der Waals surface area contributed by atoms with Crippen LogP contribution >= 0.6 is 0 Å². The molecule has 0 aliphatic carbocycles. The Morgan fingerprint density at radius 1 is 1.26 bits per heavy atom. The first-order valence-corrected chi connectivity index (χ1v) is 6.84. The molecule has 1 N–H and O–H groups in total. The molecule has 1 aromatic carbocycles. The molecule has 0 aromatic heterocycles. The molecular formula is C16H26FNO. The van der Waals surface area contributed by atoms with Crippen LogP contribution in [0.1, 0.15) is 46.2 Å². The Morgan fingerprint density at radius 2 is 1.89 bits per heavy atom. The number of hydrogen-bond acceptors (Lipinski definition) is 2. The largest absolute Gasteiger partial charge is 0.497 e. The minimum atomic E-state index is -0.221. The summed E-state index contributed by atoms with van der Waals surface area (Å²) < 4.78 is 19.0. The summed E-state index contributed by atoms with van der Waals surface area (Å²) in [5.74, 6) is 0.908. The second-order valence-corrected chi connectivity index (χ2v) is 6.13. The van der Waals surface area contributed by atoms with E-state index in [0.29, 0.717) is 17.2 Å². The minimum absolute atomic E-state index is 0.0102. The second-order valence-electron chi connectivity index (χ2n) is 6.13. The number of hydrogen-bond donors (Lipinski definition) is 1. The van der Waals surface area contributed by atoms with Crippen LogP contribution < -0.4 is 10.1 Å². The highest BCUT2D eigenvalue weighted by Gasteiger charge is 2.23. The van der Waals surface area contributed by atoms with E-state index < -0.39 is 0 Å². The van der Waals surface area contributed by atoms with Gasteiger partial charge in [-0.1, -0.05) is 33.8 Å². The molecule has 0 bridgehead atoms. The number of rotatable bonds is 6. The van der Waals surface area contributed by atoms with Crippen molar-refractivity contribution in [3.63, 3.8) is 0 Å². The lowest BCUT2D eigenvalue weighted by molar-refractivity contribution is 0.230. The summed E-state index contributed by atoms with van der Waals surface area (Å²) in [5, 5.41) is 3.42. The number of methoxy groups -OCH3 is 1. The van der Waals surface area contributed by atoms with Crippen molar-refractivity contribution in [1.29, 1.82) is 0 Å². The molecule has 0 saturated heterocycles. The lowest BCUT2D eigenvalue weighted by atomic mass is 9.81. The van der Waals surface area contributed by atoms with E-state index >= 15 is 0 Å². The van der Waals surface area contributed by atoms with E-state index in [4.69, 9.17) is 4.74 Å². The molecular weight excluding hydrogens is 241 g/mol. The molecule has 0 fully saturated rings. The zero-order valence-electron chi connectivity index (χ0n) is 12.9. The molecule has 1 unspecified atom stereocenters. The fourth-order valence-electron chi connectivity index (χ4n) is 1.72. The summed E-state index contributed by atoms with van der Waals surface area (Å²) in [7, 11) is 1.54. The molecule has 0 aliphatic rings. The van der Waals surface area contributed by atoms with Gasteiger partial charge >= 0.3 is 0 Å². The standard InChI is InChI=1S/C16H26FNO/c1-11(2)16(4,5)10-18-12(3)14-8-7-13(19-6)9-15(14)17/h7-9,11-12,18H,10H2,1-6H3. The minimum Gasteiger partial charge on any atom is -0.497 e. The topological polar surface area (TPSA) is 21.3 Å². The average Bonchev–Trinajstić information content (AvgIpc) is 2.35. The van der Waals surface area contributed by atoms with E-state index in [1.54, 1.807) is 19.2 Å². The van der Waals surface area contributed by atoms with Crippen LogP contribution in [0.5, 0.6) is 5.75 Å². The van der Waals surface area contributed by atoms with Crippen LogP contribution in [0.25, 0.3) is 0 Å². The van der Waals surface area contributed by atoms with Gasteiger partial charge in [0, 0.05) is 24.2 Å². The fraction of sp³-hybridized carbons (Fsp3) is 0.625. The Labute approximate surface area is 116 Å². The molecule has 3 heteroatoms. The first kappa shape index (κ1) is 16.0. The van der Waals surface area contributed by atoms with Crippen LogP contribution in [0.3, 0.4) is 0 Å². The van der Waals surface area contributed by atoms with Gasteiger partial charge < -0.3 is 10.1 Å². The third kappa shape index (κ3) is 4.20. The Kier molecular flexibility index (Phi) is 5.36. The molecule has 0 spiro atoms. The van der Waals surface area contributed by atoms with E-state index in [9.17, 15) is 4.39 Å². The fourth-order valence-corrected chi connectivity index (χ4v) is 1.72. The Bertz CT molecular complexity index is 415. The van der Waals surface area contributed by atoms with E-state index in [2.05, 4.69) is 33.0 Å². The summed E-state index contributed by atoms with van der Waals surface area (Å²) in [6.07, 6.45) is 0. The highest BCUT2D eigenvalue weighted by molar-refractivity contribution is 5.30. The lowest BCUT2D eigenvalue weighted by Gasteiger charge is -2.31. The molecule has 0 amide bonds. The van der Waals surface area contributed by atoms with Gasteiger partial charge in [-0.15, -0.1) is 0 Å². The maximum Gasteiger partial charge on any atom is 0.131 e. The molecule has 1 rings (SSSR count). The number of halogens is 1. The predicted octanol–water partition coefficient (Wildman–Crippen LogP) is 4.17. The van der Waals surface area contributed by atoms with Gasteiger partial charge in [-0.05, 0) is 24.3 Å². The molecule has 1 aromatic rings. The number of benzene rings is 1. The van der Waals surface area contributed by atoms with Crippen LogP contribution in [0, 0.1) is 17.2 Å².